The van der Waals surface area contributed by atoms with Crippen LogP contribution in [0.25, 0.3) is 0 Å². The van der Waals surface area contributed by atoms with E-state index in [-0.39, 0.29) is 6.42 Å². The molecule has 0 aromatic carbocycles. The van der Waals surface area contributed by atoms with Gasteiger partial charge in [0.1, 0.15) is 30.5 Å². The standard InChI is InChI=1S/C14H25NO10/c1-5(18)15-6-2-7(8(3-16)23-13(6)22)24-14-12(21)11(20)10(19)9(4-17)25-14/h6-14,16-17,19-22H,2-4H2,1H3,(H,15,18)/t6-,7-,8-,9-,10-,11-,12-,13-,14+/m0/s1. The van der Waals surface area contributed by atoms with Crippen LogP contribution in [0, 0.1) is 0 Å². The topological polar surface area (TPSA) is 178 Å². The van der Waals surface area contributed by atoms with Crippen LogP contribution in [-0.4, -0.2) is 105 Å². The molecule has 0 unspecified atom stereocenters. The summed E-state index contributed by atoms with van der Waals surface area (Å²) >= 11 is 0. The van der Waals surface area contributed by atoms with E-state index in [2.05, 4.69) is 5.32 Å². The summed E-state index contributed by atoms with van der Waals surface area (Å²) in [5.41, 5.74) is 0. The predicted octanol–water partition coefficient (Wildman–Crippen LogP) is -4.22. The highest BCUT2D eigenvalue weighted by Gasteiger charge is 2.47. The van der Waals surface area contributed by atoms with Crippen LogP contribution in [-0.2, 0) is 19.0 Å². The maximum Gasteiger partial charge on any atom is 0.217 e. The number of carbonyl (C=O) groups excluding carboxylic acids is 1. The van der Waals surface area contributed by atoms with Gasteiger partial charge < -0.3 is 50.2 Å². The van der Waals surface area contributed by atoms with Gasteiger partial charge in [-0.3, -0.25) is 4.79 Å². The van der Waals surface area contributed by atoms with Crippen molar-refractivity contribution in [3.63, 3.8) is 0 Å². The number of aliphatic hydroxyl groups is 6. The zero-order valence-corrected chi connectivity index (χ0v) is 13.6. The van der Waals surface area contributed by atoms with Crippen molar-refractivity contribution in [2.75, 3.05) is 13.2 Å². The summed E-state index contributed by atoms with van der Waals surface area (Å²) in [6, 6.07) is -0.810. The van der Waals surface area contributed by atoms with Crippen LogP contribution in [0.1, 0.15) is 13.3 Å². The van der Waals surface area contributed by atoms with Crippen LogP contribution >= 0.6 is 0 Å². The molecule has 0 saturated carbocycles. The first-order chi connectivity index (χ1) is 11.8. The van der Waals surface area contributed by atoms with Crippen LogP contribution in [0.2, 0.25) is 0 Å². The molecule has 11 heteroatoms. The molecule has 0 bridgehead atoms. The molecule has 2 aliphatic heterocycles. The summed E-state index contributed by atoms with van der Waals surface area (Å²) in [4.78, 5) is 11.2. The Morgan fingerprint density at radius 1 is 1.04 bits per heavy atom. The van der Waals surface area contributed by atoms with Gasteiger partial charge >= 0.3 is 0 Å². The van der Waals surface area contributed by atoms with Gasteiger partial charge in [0.05, 0.1) is 25.4 Å². The molecule has 25 heavy (non-hydrogen) atoms. The Balaban J connectivity index is 2.08. The minimum atomic E-state index is -1.61. The Bertz CT molecular complexity index is 449. The van der Waals surface area contributed by atoms with E-state index in [1.165, 1.54) is 6.92 Å². The number of hydrogen-bond donors (Lipinski definition) is 7. The number of rotatable bonds is 5. The lowest BCUT2D eigenvalue weighted by molar-refractivity contribution is -0.332. The first kappa shape index (κ1) is 20.4. The molecule has 2 fully saturated rings. The minimum Gasteiger partial charge on any atom is -0.394 e. The average molecular weight is 367 g/mol. The van der Waals surface area contributed by atoms with Gasteiger partial charge in [-0.25, -0.2) is 0 Å². The van der Waals surface area contributed by atoms with Gasteiger partial charge in [-0.1, -0.05) is 0 Å². The van der Waals surface area contributed by atoms with E-state index in [0.717, 1.165) is 0 Å². The van der Waals surface area contributed by atoms with Gasteiger partial charge in [0.15, 0.2) is 12.6 Å². The van der Waals surface area contributed by atoms with E-state index in [0.29, 0.717) is 0 Å². The highest BCUT2D eigenvalue weighted by molar-refractivity contribution is 5.73. The third-order valence-electron chi connectivity index (χ3n) is 4.29. The van der Waals surface area contributed by atoms with Crippen molar-refractivity contribution < 1.29 is 49.6 Å². The summed E-state index contributed by atoms with van der Waals surface area (Å²) in [7, 11) is 0. The molecule has 11 nitrogen and oxygen atoms in total. The second-order valence-electron chi connectivity index (χ2n) is 6.16. The Morgan fingerprint density at radius 2 is 1.68 bits per heavy atom. The molecular formula is C14H25NO10. The summed E-state index contributed by atoms with van der Waals surface area (Å²) in [5, 5.41) is 60.5. The lowest BCUT2D eigenvalue weighted by Gasteiger charge is -2.44. The molecule has 2 rings (SSSR count). The van der Waals surface area contributed by atoms with Crippen LogP contribution in [0.5, 0.6) is 0 Å². The molecule has 0 aromatic heterocycles. The molecule has 0 radical (unpaired) electrons. The highest BCUT2D eigenvalue weighted by atomic mass is 16.7. The van der Waals surface area contributed by atoms with Crippen molar-refractivity contribution in [2.24, 2.45) is 0 Å². The van der Waals surface area contributed by atoms with Crippen LogP contribution in [0.3, 0.4) is 0 Å². The molecule has 9 atom stereocenters. The molecule has 0 spiro atoms. The second kappa shape index (κ2) is 8.66. The van der Waals surface area contributed by atoms with Gasteiger partial charge in [-0.05, 0) is 0 Å². The first-order valence-corrected chi connectivity index (χ1v) is 7.96. The molecular weight excluding hydrogens is 342 g/mol. The number of carbonyl (C=O) groups is 1. The third kappa shape index (κ3) is 4.64. The lowest BCUT2D eigenvalue weighted by atomic mass is 9.98. The monoisotopic (exact) mass is 367 g/mol. The van der Waals surface area contributed by atoms with Crippen LogP contribution in [0.15, 0.2) is 0 Å². The quantitative estimate of drug-likeness (QED) is 0.252. The predicted molar refractivity (Wildman–Crippen MR) is 78.8 cm³/mol. The average Bonchev–Trinajstić information content (AvgIpc) is 2.57. The van der Waals surface area contributed by atoms with Crippen molar-refractivity contribution in [3.8, 4) is 0 Å². The number of amides is 1. The Labute approximate surface area is 143 Å². The maximum absolute atomic E-state index is 11.2. The van der Waals surface area contributed by atoms with E-state index in [4.69, 9.17) is 14.2 Å². The Morgan fingerprint density at radius 3 is 2.24 bits per heavy atom. The van der Waals surface area contributed by atoms with E-state index >= 15 is 0 Å². The smallest absolute Gasteiger partial charge is 0.217 e. The van der Waals surface area contributed by atoms with Gasteiger partial charge in [-0.2, -0.15) is 0 Å². The second-order valence-corrected chi connectivity index (χ2v) is 6.16. The van der Waals surface area contributed by atoms with Gasteiger partial charge in [0.2, 0.25) is 5.91 Å². The molecule has 2 heterocycles. The molecule has 7 N–H and O–H groups in total. The molecule has 0 aromatic rings. The maximum atomic E-state index is 11.2. The van der Waals surface area contributed by atoms with Gasteiger partial charge in [-0.15, -0.1) is 0 Å². The van der Waals surface area contributed by atoms with Crippen molar-refractivity contribution >= 4 is 5.91 Å². The fraction of sp³-hybridized carbons (Fsp3) is 0.929. The van der Waals surface area contributed by atoms with Crippen molar-refractivity contribution in [1.29, 1.82) is 0 Å². The molecule has 0 aliphatic carbocycles. The Hall–Kier alpha value is -0.890. The summed E-state index contributed by atoms with van der Waals surface area (Å²) < 4.78 is 16.0. The van der Waals surface area contributed by atoms with Crippen molar-refractivity contribution in [2.45, 2.75) is 68.6 Å². The van der Waals surface area contributed by atoms with Crippen LogP contribution < -0.4 is 5.32 Å². The fourth-order valence-electron chi connectivity index (χ4n) is 2.93. The zero-order valence-electron chi connectivity index (χ0n) is 13.6. The van der Waals surface area contributed by atoms with Gasteiger partial charge in [0.25, 0.3) is 0 Å². The summed E-state index contributed by atoms with van der Waals surface area (Å²) in [6.45, 7) is 0.146. The largest absolute Gasteiger partial charge is 0.394 e. The zero-order chi connectivity index (χ0) is 18.7. The summed E-state index contributed by atoms with van der Waals surface area (Å²) in [5.74, 6) is -0.401. The van der Waals surface area contributed by atoms with E-state index in [1.807, 2.05) is 0 Å². The Kier molecular flexibility index (Phi) is 7.08. The van der Waals surface area contributed by atoms with E-state index in [1.54, 1.807) is 0 Å². The van der Waals surface area contributed by atoms with Crippen LogP contribution in [0.4, 0.5) is 0 Å². The number of ether oxygens (including phenoxy) is 3. The molecule has 2 aliphatic rings. The SMILES string of the molecule is CC(=O)N[C@H]1C[C@H](O[C@@H]2O[C@@H](CO)[C@H](O)[C@H](O)[C@@H]2O)[C@H](CO)O[C@@H]1O. The summed E-state index contributed by atoms with van der Waals surface area (Å²) in [6.07, 6.45) is -10.5. The van der Waals surface area contributed by atoms with E-state index in [9.17, 15) is 35.4 Å². The number of aliphatic hydroxyl groups excluding tert-OH is 6. The minimum absolute atomic E-state index is 0.0427. The third-order valence-corrected chi connectivity index (χ3v) is 4.29. The number of hydrogen-bond acceptors (Lipinski definition) is 10. The lowest BCUT2D eigenvalue weighted by Crippen LogP contribution is -2.62. The molecule has 146 valence electrons. The van der Waals surface area contributed by atoms with E-state index < -0.39 is 74.4 Å². The van der Waals surface area contributed by atoms with Gasteiger partial charge in [0, 0.05) is 13.3 Å². The van der Waals surface area contributed by atoms with Crippen molar-refractivity contribution in [1.82, 2.24) is 5.32 Å². The molecule has 1 amide bonds. The van der Waals surface area contributed by atoms with Crippen molar-refractivity contribution in [3.05, 3.63) is 0 Å². The normalized spacial score (nSPS) is 45.2. The number of nitrogens with one attached hydrogen (secondary N) is 1. The highest BCUT2D eigenvalue weighted by Crippen LogP contribution is 2.28. The first-order valence-electron chi connectivity index (χ1n) is 7.96. The molecule has 2 saturated heterocycles. The fourth-order valence-corrected chi connectivity index (χ4v) is 2.93.